The van der Waals surface area contributed by atoms with Gasteiger partial charge in [-0.15, -0.1) is 0 Å². The third kappa shape index (κ3) is 6.19. The van der Waals surface area contributed by atoms with Gasteiger partial charge in [0.15, 0.2) is 0 Å². The van der Waals surface area contributed by atoms with Crippen LogP contribution in [0.2, 0.25) is 0 Å². The van der Waals surface area contributed by atoms with Crippen molar-refractivity contribution in [2.24, 2.45) is 11.8 Å². The molecule has 29 heavy (non-hydrogen) atoms. The molecule has 0 radical (unpaired) electrons. The number of piperidine rings is 1. The molecule has 0 unspecified atom stereocenters. The van der Waals surface area contributed by atoms with E-state index in [0.29, 0.717) is 18.5 Å². The van der Waals surface area contributed by atoms with Gasteiger partial charge in [-0.2, -0.15) is 0 Å². The summed E-state index contributed by atoms with van der Waals surface area (Å²) in [6.45, 7) is 4.16. The fourth-order valence-electron chi connectivity index (χ4n) is 4.23. The maximum absolute atomic E-state index is 13.2. The van der Waals surface area contributed by atoms with Crippen molar-refractivity contribution in [2.45, 2.75) is 64.0 Å². The highest BCUT2D eigenvalue weighted by Gasteiger charge is 2.36. The molecule has 1 N–H and O–H groups in total. The zero-order valence-electron chi connectivity index (χ0n) is 17.8. The lowest BCUT2D eigenvalue weighted by Gasteiger charge is -2.30. The fourth-order valence-corrected chi connectivity index (χ4v) is 4.23. The number of rotatable bonds is 11. The molecule has 4 rings (SSSR count). The van der Waals surface area contributed by atoms with Gasteiger partial charge in [-0.3, -0.25) is 4.79 Å². The van der Waals surface area contributed by atoms with Crippen molar-refractivity contribution in [2.75, 3.05) is 33.4 Å². The monoisotopic (exact) mass is 400 g/mol. The second-order valence-corrected chi connectivity index (χ2v) is 9.08. The summed E-state index contributed by atoms with van der Waals surface area (Å²) >= 11 is 0. The van der Waals surface area contributed by atoms with Gasteiger partial charge in [-0.1, -0.05) is 6.07 Å². The van der Waals surface area contributed by atoms with Crippen LogP contribution in [0.25, 0.3) is 0 Å². The zero-order chi connectivity index (χ0) is 20.1. The van der Waals surface area contributed by atoms with Gasteiger partial charge in [0.2, 0.25) is 5.91 Å². The van der Waals surface area contributed by atoms with E-state index in [-0.39, 0.29) is 5.92 Å². The van der Waals surface area contributed by atoms with Gasteiger partial charge < -0.3 is 19.7 Å². The highest BCUT2D eigenvalue weighted by atomic mass is 16.5. The molecule has 2 saturated carbocycles. The summed E-state index contributed by atoms with van der Waals surface area (Å²) in [4.78, 5) is 15.4. The van der Waals surface area contributed by atoms with E-state index in [0.717, 1.165) is 76.5 Å². The molecule has 1 atom stereocenters. The molecule has 1 amide bonds. The van der Waals surface area contributed by atoms with Crippen molar-refractivity contribution in [1.82, 2.24) is 10.2 Å². The van der Waals surface area contributed by atoms with E-state index in [1.807, 2.05) is 0 Å². The molecule has 1 saturated heterocycles. The van der Waals surface area contributed by atoms with Crippen molar-refractivity contribution >= 4 is 5.91 Å². The SMILES string of the molecule is COCCCc1cc(CN(C(=O)[C@@H]2CCCNC2)C2CC2)cc(OCC2CC2)c1. The lowest BCUT2D eigenvalue weighted by atomic mass is 9.97. The van der Waals surface area contributed by atoms with Gasteiger partial charge in [0, 0.05) is 32.8 Å². The number of carbonyl (C=O) groups excluding carboxylic acids is 1. The van der Waals surface area contributed by atoms with Crippen LogP contribution in [0, 0.1) is 11.8 Å². The third-order valence-corrected chi connectivity index (χ3v) is 6.29. The molecule has 0 aromatic heterocycles. The minimum Gasteiger partial charge on any atom is -0.493 e. The number of aryl methyl sites for hydroxylation is 1. The Morgan fingerprint density at radius 1 is 1.14 bits per heavy atom. The molecule has 160 valence electrons. The summed E-state index contributed by atoms with van der Waals surface area (Å²) in [6.07, 6.45) is 8.96. The number of nitrogens with one attached hydrogen (secondary N) is 1. The van der Waals surface area contributed by atoms with Crippen LogP contribution in [0.15, 0.2) is 18.2 Å². The number of ether oxygens (including phenoxy) is 2. The molecule has 1 aromatic rings. The molecule has 0 spiro atoms. The normalized spacial score (nSPS) is 21.8. The summed E-state index contributed by atoms with van der Waals surface area (Å²) in [7, 11) is 1.75. The lowest BCUT2D eigenvalue weighted by Crippen LogP contribution is -2.43. The van der Waals surface area contributed by atoms with E-state index in [1.54, 1.807) is 7.11 Å². The van der Waals surface area contributed by atoms with Gasteiger partial charge in [0.25, 0.3) is 0 Å². The topological polar surface area (TPSA) is 50.8 Å². The largest absolute Gasteiger partial charge is 0.493 e. The van der Waals surface area contributed by atoms with Crippen LogP contribution in [0.3, 0.4) is 0 Å². The molecule has 5 heteroatoms. The average Bonchev–Trinajstić information content (AvgIpc) is 3.65. The quantitative estimate of drug-likeness (QED) is 0.577. The van der Waals surface area contributed by atoms with Crippen LogP contribution in [0.4, 0.5) is 0 Å². The number of carbonyl (C=O) groups is 1. The summed E-state index contributed by atoms with van der Waals surface area (Å²) in [5.74, 6) is 2.17. The van der Waals surface area contributed by atoms with E-state index < -0.39 is 0 Å². The van der Waals surface area contributed by atoms with Crippen LogP contribution in [-0.4, -0.2) is 50.3 Å². The number of nitrogens with zero attached hydrogens (tertiary/aromatic N) is 1. The van der Waals surface area contributed by atoms with Gasteiger partial charge in [-0.25, -0.2) is 0 Å². The molecule has 3 fully saturated rings. The second-order valence-electron chi connectivity index (χ2n) is 9.08. The molecule has 5 nitrogen and oxygen atoms in total. The smallest absolute Gasteiger partial charge is 0.227 e. The van der Waals surface area contributed by atoms with E-state index in [1.165, 1.54) is 24.0 Å². The Hall–Kier alpha value is -1.59. The summed E-state index contributed by atoms with van der Waals surface area (Å²) in [5.41, 5.74) is 2.49. The second kappa shape index (κ2) is 9.94. The first kappa shape index (κ1) is 20.7. The van der Waals surface area contributed by atoms with Crippen molar-refractivity contribution < 1.29 is 14.3 Å². The van der Waals surface area contributed by atoms with E-state index in [9.17, 15) is 4.79 Å². The van der Waals surface area contributed by atoms with Gasteiger partial charge in [0.1, 0.15) is 5.75 Å². The van der Waals surface area contributed by atoms with Crippen molar-refractivity contribution in [1.29, 1.82) is 0 Å². The summed E-state index contributed by atoms with van der Waals surface area (Å²) < 4.78 is 11.3. The number of hydrogen-bond acceptors (Lipinski definition) is 4. The summed E-state index contributed by atoms with van der Waals surface area (Å²) in [5, 5.41) is 3.39. The Kier molecular flexibility index (Phi) is 7.09. The Labute approximate surface area is 175 Å². The lowest BCUT2D eigenvalue weighted by molar-refractivity contribution is -0.137. The Balaban J connectivity index is 1.46. The van der Waals surface area contributed by atoms with Crippen molar-refractivity contribution in [3.63, 3.8) is 0 Å². The van der Waals surface area contributed by atoms with Crippen LogP contribution in [0.5, 0.6) is 5.75 Å². The predicted octanol–water partition coefficient (Wildman–Crippen LogP) is 3.55. The van der Waals surface area contributed by atoms with Gasteiger partial charge in [0.05, 0.1) is 12.5 Å². The number of benzene rings is 1. The van der Waals surface area contributed by atoms with E-state index in [4.69, 9.17) is 9.47 Å². The highest BCUT2D eigenvalue weighted by Crippen LogP contribution is 2.33. The minimum atomic E-state index is 0.139. The van der Waals surface area contributed by atoms with Gasteiger partial charge in [-0.05, 0) is 87.1 Å². The molecular formula is C24H36N2O3. The molecule has 1 aliphatic heterocycles. The van der Waals surface area contributed by atoms with E-state index in [2.05, 4.69) is 28.4 Å². The summed E-state index contributed by atoms with van der Waals surface area (Å²) in [6, 6.07) is 7.03. The van der Waals surface area contributed by atoms with Crippen LogP contribution in [-0.2, 0) is 22.5 Å². The standard InChI is InChI=1S/C24H36N2O3/c1-28-11-3-4-19-12-20(14-23(13-19)29-17-18-6-7-18)16-26(22-8-9-22)24(27)21-5-2-10-25-15-21/h12-14,18,21-22,25H,2-11,15-17H2,1H3/t21-/m1/s1. The van der Waals surface area contributed by atoms with Crippen molar-refractivity contribution in [3.8, 4) is 5.75 Å². The molecule has 2 aliphatic carbocycles. The minimum absolute atomic E-state index is 0.139. The molecule has 3 aliphatic rings. The first-order chi connectivity index (χ1) is 14.2. The predicted molar refractivity (Wildman–Crippen MR) is 114 cm³/mol. The Morgan fingerprint density at radius 2 is 1.97 bits per heavy atom. The molecule has 1 aromatic carbocycles. The fraction of sp³-hybridized carbons (Fsp3) is 0.708. The van der Waals surface area contributed by atoms with Gasteiger partial charge >= 0.3 is 0 Å². The maximum Gasteiger partial charge on any atom is 0.227 e. The average molecular weight is 401 g/mol. The number of methoxy groups -OCH3 is 1. The molecule has 1 heterocycles. The number of hydrogen-bond donors (Lipinski definition) is 1. The first-order valence-electron chi connectivity index (χ1n) is 11.5. The highest BCUT2D eigenvalue weighted by molar-refractivity contribution is 5.80. The van der Waals surface area contributed by atoms with Crippen LogP contribution in [0.1, 0.15) is 56.1 Å². The third-order valence-electron chi connectivity index (χ3n) is 6.29. The molecule has 0 bridgehead atoms. The van der Waals surface area contributed by atoms with E-state index >= 15 is 0 Å². The van der Waals surface area contributed by atoms with Crippen molar-refractivity contribution in [3.05, 3.63) is 29.3 Å². The number of amides is 1. The first-order valence-corrected chi connectivity index (χ1v) is 11.5. The Bertz CT molecular complexity index is 679. The van der Waals surface area contributed by atoms with Crippen LogP contribution >= 0.6 is 0 Å². The Morgan fingerprint density at radius 3 is 2.66 bits per heavy atom. The van der Waals surface area contributed by atoms with Crippen LogP contribution < -0.4 is 10.1 Å². The molecular weight excluding hydrogens is 364 g/mol. The maximum atomic E-state index is 13.2. The zero-order valence-corrected chi connectivity index (χ0v) is 17.8.